The Balaban J connectivity index is 1.81. The zero-order valence-electron chi connectivity index (χ0n) is 17.0. The van der Waals surface area contributed by atoms with Crippen molar-refractivity contribution in [3.8, 4) is 17.2 Å². The summed E-state index contributed by atoms with van der Waals surface area (Å²) in [5.41, 5.74) is 2.92. The summed E-state index contributed by atoms with van der Waals surface area (Å²) in [5.74, 6) is 2.53. The van der Waals surface area contributed by atoms with E-state index in [2.05, 4.69) is 18.8 Å². The molecule has 2 aromatic rings. The average Bonchev–Trinajstić information content (AvgIpc) is 2.72. The minimum Gasteiger partial charge on any atom is -0.494 e. The van der Waals surface area contributed by atoms with Crippen molar-refractivity contribution >= 4 is 11.5 Å². The van der Waals surface area contributed by atoms with Gasteiger partial charge in [-0.25, -0.2) is 0 Å². The monoisotopic (exact) mass is 381 g/mol. The second-order valence-corrected chi connectivity index (χ2v) is 7.23. The van der Waals surface area contributed by atoms with Crippen LogP contribution in [0.25, 0.3) is 0 Å². The molecule has 0 unspecified atom stereocenters. The quantitative estimate of drug-likeness (QED) is 0.638. The Labute approximate surface area is 166 Å². The third-order valence-electron chi connectivity index (χ3n) is 4.81. The van der Waals surface area contributed by atoms with Crippen molar-refractivity contribution in [1.29, 1.82) is 0 Å². The number of carbonyl (C=O) groups excluding carboxylic acids is 1. The molecule has 0 atom stereocenters. The lowest BCUT2D eigenvalue weighted by molar-refractivity contribution is 0.106. The fourth-order valence-electron chi connectivity index (χ4n) is 3.17. The summed E-state index contributed by atoms with van der Waals surface area (Å²) in [6.07, 6.45) is 1.77. The summed E-state index contributed by atoms with van der Waals surface area (Å²) < 4.78 is 16.5. The van der Waals surface area contributed by atoms with E-state index in [0.717, 1.165) is 29.7 Å². The molecule has 28 heavy (non-hydrogen) atoms. The standard InChI is InChI=1S/C23H27NO4/c1-15(2)10-12-28-18-7-5-16(6-8-18)23(25)22-19-14-21(27-4)20(26-3)13-17(19)9-11-24-22/h5-8,13-15H,9-12H2,1-4H3. The molecule has 5 nitrogen and oxygen atoms in total. The number of rotatable bonds is 8. The van der Waals surface area contributed by atoms with E-state index in [1.54, 1.807) is 26.4 Å². The number of hydrogen-bond acceptors (Lipinski definition) is 5. The molecule has 0 radical (unpaired) electrons. The highest BCUT2D eigenvalue weighted by atomic mass is 16.5. The summed E-state index contributed by atoms with van der Waals surface area (Å²) in [6.45, 7) is 5.59. The fraction of sp³-hybridized carbons (Fsp3) is 0.391. The van der Waals surface area contributed by atoms with Gasteiger partial charge in [-0.3, -0.25) is 9.79 Å². The van der Waals surface area contributed by atoms with Crippen molar-refractivity contribution in [1.82, 2.24) is 0 Å². The third kappa shape index (κ3) is 4.35. The molecule has 2 aromatic carbocycles. The van der Waals surface area contributed by atoms with Crippen LogP contribution in [0.5, 0.6) is 17.2 Å². The van der Waals surface area contributed by atoms with Gasteiger partial charge in [0.2, 0.25) is 5.78 Å². The van der Waals surface area contributed by atoms with Gasteiger partial charge < -0.3 is 14.2 Å². The van der Waals surface area contributed by atoms with E-state index in [0.29, 0.717) is 41.8 Å². The minimum atomic E-state index is -0.0955. The molecule has 1 aliphatic heterocycles. The molecule has 148 valence electrons. The van der Waals surface area contributed by atoms with Crippen LogP contribution in [0.3, 0.4) is 0 Å². The van der Waals surface area contributed by atoms with Crippen molar-refractivity contribution in [3.05, 3.63) is 53.1 Å². The van der Waals surface area contributed by atoms with E-state index in [1.165, 1.54) is 0 Å². The molecule has 0 N–H and O–H groups in total. The lowest BCUT2D eigenvalue weighted by Crippen LogP contribution is -2.22. The van der Waals surface area contributed by atoms with Gasteiger partial charge >= 0.3 is 0 Å². The number of fused-ring (bicyclic) bond motifs is 1. The van der Waals surface area contributed by atoms with Gasteiger partial charge in [0, 0.05) is 17.7 Å². The Kier molecular flexibility index (Phi) is 6.34. The highest BCUT2D eigenvalue weighted by Crippen LogP contribution is 2.33. The first-order chi connectivity index (χ1) is 13.5. The van der Waals surface area contributed by atoms with Crippen molar-refractivity contribution in [2.75, 3.05) is 27.4 Å². The normalized spacial score (nSPS) is 13.0. The van der Waals surface area contributed by atoms with Gasteiger partial charge in [0.25, 0.3) is 0 Å². The van der Waals surface area contributed by atoms with Gasteiger partial charge in [0.1, 0.15) is 11.5 Å². The number of Topliss-reactive ketones (excluding diaryl/α,β-unsaturated/α-hetero) is 1. The first-order valence-electron chi connectivity index (χ1n) is 9.60. The number of aliphatic imine (C=N–C) groups is 1. The molecule has 0 bridgehead atoms. The molecule has 1 heterocycles. The average molecular weight is 381 g/mol. The minimum absolute atomic E-state index is 0.0955. The smallest absolute Gasteiger partial charge is 0.211 e. The van der Waals surface area contributed by atoms with Gasteiger partial charge in [0.15, 0.2) is 11.5 Å². The van der Waals surface area contributed by atoms with Crippen LogP contribution in [0, 0.1) is 5.92 Å². The molecule has 0 spiro atoms. The Morgan fingerprint density at radius 1 is 1.07 bits per heavy atom. The lowest BCUT2D eigenvalue weighted by Gasteiger charge is -2.19. The van der Waals surface area contributed by atoms with Gasteiger partial charge in [-0.1, -0.05) is 13.8 Å². The number of ether oxygens (including phenoxy) is 3. The summed E-state index contributed by atoms with van der Waals surface area (Å²) in [4.78, 5) is 17.6. The molecule has 0 amide bonds. The van der Waals surface area contributed by atoms with Gasteiger partial charge in [-0.2, -0.15) is 0 Å². The molecular weight excluding hydrogens is 354 g/mol. The molecule has 0 fully saturated rings. The van der Waals surface area contributed by atoms with Crippen molar-refractivity contribution in [2.24, 2.45) is 10.9 Å². The van der Waals surface area contributed by atoms with E-state index in [-0.39, 0.29) is 5.78 Å². The van der Waals surface area contributed by atoms with E-state index < -0.39 is 0 Å². The maximum Gasteiger partial charge on any atom is 0.211 e. The summed E-state index contributed by atoms with van der Waals surface area (Å²) in [5, 5.41) is 0. The molecule has 0 saturated carbocycles. The van der Waals surface area contributed by atoms with Gasteiger partial charge in [-0.05, 0) is 60.7 Å². The topological polar surface area (TPSA) is 57.1 Å². The third-order valence-corrected chi connectivity index (χ3v) is 4.81. The molecule has 0 aromatic heterocycles. The highest BCUT2D eigenvalue weighted by Gasteiger charge is 2.24. The predicted octanol–water partition coefficient (Wildman–Crippen LogP) is 4.36. The van der Waals surface area contributed by atoms with Crippen LogP contribution in [0.15, 0.2) is 41.4 Å². The maximum atomic E-state index is 13.1. The Hall–Kier alpha value is -2.82. The Morgan fingerprint density at radius 2 is 1.75 bits per heavy atom. The molecule has 0 aliphatic carbocycles. The number of ketones is 1. The summed E-state index contributed by atoms with van der Waals surface area (Å²) in [7, 11) is 3.20. The molecule has 3 rings (SSSR count). The SMILES string of the molecule is COc1cc2c(cc1OC)C(C(=O)c1ccc(OCCC(C)C)cc1)=NCC2. The zero-order chi connectivity index (χ0) is 20.1. The van der Waals surface area contributed by atoms with Crippen LogP contribution in [-0.4, -0.2) is 38.9 Å². The largest absolute Gasteiger partial charge is 0.494 e. The number of hydrogen-bond donors (Lipinski definition) is 0. The first kappa shape index (κ1) is 19.9. The van der Waals surface area contributed by atoms with Crippen LogP contribution in [-0.2, 0) is 6.42 Å². The highest BCUT2D eigenvalue weighted by molar-refractivity contribution is 6.52. The van der Waals surface area contributed by atoms with Gasteiger partial charge in [0.05, 0.1) is 20.8 Å². The van der Waals surface area contributed by atoms with Crippen molar-refractivity contribution in [3.63, 3.8) is 0 Å². The van der Waals surface area contributed by atoms with Crippen LogP contribution in [0.4, 0.5) is 0 Å². The van der Waals surface area contributed by atoms with Crippen LogP contribution in [0.2, 0.25) is 0 Å². The lowest BCUT2D eigenvalue weighted by atomic mass is 9.92. The summed E-state index contributed by atoms with van der Waals surface area (Å²) >= 11 is 0. The van der Waals surface area contributed by atoms with E-state index in [4.69, 9.17) is 14.2 Å². The predicted molar refractivity (Wildman–Crippen MR) is 110 cm³/mol. The number of benzene rings is 2. The van der Waals surface area contributed by atoms with E-state index >= 15 is 0 Å². The number of carbonyl (C=O) groups is 1. The van der Waals surface area contributed by atoms with Crippen LogP contribution < -0.4 is 14.2 Å². The molecule has 5 heteroatoms. The van der Waals surface area contributed by atoms with Crippen LogP contribution in [0.1, 0.15) is 41.8 Å². The zero-order valence-corrected chi connectivity index (χ0v) is 17.0. The number of nitrogens with zero attached hydrogens (tertiary/aromatic N) is 1. The Morgan fingerprint density at radius 3 is 2.39 bits per heavy atom. The van der Waals surface area contributed by atoms with Crippen molar-refractivity contribution < 1.29 is 19.0 Å². The fourth-order valence-corrected chi connectivity index (χ4v) is 3.17. The van der Waals surface area contributed by atoms with Gasteiger partial charge in [-0.15, -0.1) is 0 Å². The molecule has 0 saturated heterocycles. The van der Waals surface area contributed by atoms with E-state index in [1.807, 2.05) is 24.3 Å². The second-order valence-electron chi connectivity index (χ2n) is 7.23. The molecule has 1 aliphatic rings. The first-order valence-corrected chi connectivity index (χ1v) is 9.60. The number of methoxy groups -OCH3 is 2. The maximum absolute atomic E-state index is 13.1. The second kappa shape index (κ2) is 8.91. The molecular formula is C23H27NO4. The van der Waals surface area contributed by atoms with Crippen molar-refractivity contribution in [2.45, 2.75) is 26.7 Å². The van der Waals surface area contributed by atoms with Crippen LogP contribution >= 0.6 is 0 Å². The summed E-state index contributed by atoms with van der Waals surface area (Å²) in [6, 6.07) is 11.0. The Bertz CT molecular complexity index is 869. The van der Waals surface area contributed by atoms with E-state index in [9.17, 15) is 4.79 Å².